The van der Waals surface area contributed by atoms with E-state index in [9.17, 15) is 14.7 Å². The summed E-state index contributed by atoms with van der Waals surface area (Å²) in [5.41, 5.74) is 7.88. The van der Waals surface area contributed by atoms with Crippen molar-refractivity contribution in [3.63, 3.8) is 0 Å². The fourth-order valence-electron chi connectivity index (χ4n) is 4.26. The fourth-order valence-corrected chi connectivity index (χ4v) is 4.26. The Morgan fingerprint density at radius 3 is 2.25 bits per heavy atom. The first-order valence-electron chi connectivity index (χ1n) is 10.7. The number of carbonyl (C=O) groups excluding carboxylic acids is 1. The van der Waals surface area contributed by atoms with Crippen molar-refractivity contribution >= 4 is 33.4 Å². The van der Waals surface area contributed by atoms with Gasteiger partial charge in [-0.15, -0.1) is 0 Å². The van der Waals surface area contributed by atoms with E-state index < -0.39 is 17.9 Å². The van der Waals surface area contributed by atoms with Gasteiger partial charge in [0, 0.05) is 19.5 Å². The molecule has 0 aliphatic heterocycles. The van der Waals surface area contributed by atoms with Crippen LogP contribution < -0.4 is 5.73 Å². The maximum atomic E-state index is 12.4. The molecule has 4 aromatic carbocycles. The summed E-state index contributed by atoms with van der Waals surface area (Å²) in [6, 6.07) is 27.9. The zero-order valence-corrected chi connectivity index (χ0v) is 17.8. The summed E-state index contributed by atoms with van der Waals surface area (Å²) >= 11 is 0. The van der Waals surface area contributed by atoms with E-state index in [-0.39, 0.29) is 12.8 Å². The summed E-state index contributed by atoms with van der Waals surface area (Å²) in [5, 5.41) is 13.7. The van der Waals surface area contributed by atoms with Gasteiger partial charge in [-0.25, -0.2) is 0 Å². The molecule has 0 radical (unpaired) electrons. The molecule has 0 saturated carbocycles. The Bertz CT molecular complexity index is 1260. The van der Waals surface area contributed by atoms with Crippen molar-refractivity contribution in [2.24, 2.45) is 5.73 Å². The lowest BCUT2D eigenvalue weighted by molar-refractivity contribution is -0.137. The minimum atomic E-state index is -0.938. The number of hydrogen-bond acceptors (Lipinski definition) is 3. The summed E-state index contributed by atoms with van der Waals surface area (Å²) in [6.45, 7) is 0.975. The zero-order chi connectivity index (χ0) is 22.5. The molecule has 0 fully saturated rings. The Kier molecular flexibility index (Phi) is 6.47. The van der Waals surface area contributed by atoms with Gasteiger partial charge >= 0.3 is 5.97 Å². The van der Waals surface area contributed by atoms with Crippen LogP contribution in [0.3, 0.4) is 0 Å². The average molecular weight is 427 g/mol. The Balaban J connectivity index is 1.70. The van der Waals surface area contributed by atoms with Crippen molar-refractivity contribution in [1.29, 1.82) is 0 Å². The second-order valence-electron chi connectivity index (χ2n) is 8.08. The molecule has 0 bridgehead atoms. The molecule has 0 aromatic heterocycles. The molecule has 0 aliphatic carbocycles. The maximum Gasteiger partial charge on any atom is 0.303 e. The molecule has 5 heteroatoms. The summed E-state index contributed by atoms with van der Waals surface area (Å²) in [6.07, 6.45) is 0.0559. The quantitative estimate of drug-likeness (QED) is 0.406. The van der Waals surface area contributed by atoms with Crippen LogP contribution in [0.2, 0.25) is 0 Å². The third-order valence-electron chi connectivity index (χ3n) is 5.85. The lowest BCUT2D eigenvalue weighted by atomic mass is 10.0. The van der Waals surface area contributed by atoms with Crippen LogP contribution in [0.5, 0.6) is 0 Å². The van der Waals surface area contributed by atoms with Gasteiger partial charge in [0.15, 0.2) is 0 Å². The van der Waals surface area contributed by atoms with Gasteiger partial charge in [-0.05, 0) is 45.2 Å². The second-order valence-corrected chi connectivity index (χ2v) is 8.08. The lowest BCUT2D eigenvalue weighted by Gasteiger charge is -2.30. The topological polar surface area (TPSA) is 83.6 Å². The van der Waals surface area contributed by atoms with Crippen molar-refractivity contribution in [2.45, 2.75) is 32.0 Å². The first-order valence-corrected chi connectivity index (χ1v) is 10.7. The number of carbonyl (C=O) groups is 2. The number of carboxylic acid groups (broad SMARTS) is 1. The van der Waals surface area contributed by atoms with Crippen molar-refractivity contribution in [3.8, 4) is 0 Å². The van der Waals surface area contributed by atoms with Crippen LogP contribution in [-0.2, 0) is 22.7 Å². The SMILES string of the molecule is NC(=O)[C@H](CCC(=O)O)N(Cc1ccc2ccccc2c1)Cc1cccc2ccccc12. The molecule has 1 atom stereocenters. The van der Waals surface area contributed by atoms with E-state index in [2.05, 4.69) is 42.5 Å². The number of aliphatic carboxylic acids is 1. The van der Waals surface area contributed by atoms with Crippen molar-refractivity contribution < 1.29 is 14.7 Å². The molecular formula is C27H26N2O3. The molecule has 0 unspecified atom stereocenters. The normalized spacial score (nSPS) is 12.3. The standard InChI is InChI=1S/C27H26N2O3/c28-27(32)25(14-15-26(30)31)29(17-19-12-13-20-6-1-2-8-22(20)16-19)18-23-10-5-9-21-7-3-4-11-24(21)23/h1-13,16,25H,14-15,17-18H2,(H2,28,32)(H,30,31)/t25-/m0/s1. The molecule has 32 heavy (non-hydrogen) atoms. The monoisotopic (exact) mass is 426 g/mol. The number of fused-ring (bicyclic) bond motifs is 2. The number of amides is 1. The van der Waals surface area contributed by atoms with E-state index in [4.69, 9.17) is 5.73 Å². The van der Waals surface area contributed by atoms with E-state index in [1.807, 2.05) is 47.4 Å². The van der Waals surface area contributed by atoms with Crippen LogP contribution in [0.4, 0.5) is 0 Å². The molecule has 0 spiro atoms. The first kappa shape index (κ1) is 21.5. The van der Waals surface area contributed by atoms with Crippen LogP contribution in [0.15, 0.2) is 84.9 Å². The number of carboxylic acids is 1. The summed E-state index contributed by atoms with van der Waals surface area (Å²) < 4.78 is 0. The Hall–Kier alpha value is -3.70. The molecule has 4 rings (SSSR count). The van der Waals surface area contributed by atoms with Gasteiger partial charge < -0.3 is 10.8 Å². The van der Waals surface area contributed by atoms with Crippen LogP contribution in [0.1, 0.15) is 24.0 Å². The van der Waals surface area contributed by atoms with E-state index in [1.54, 1.807) is 0 Å². The van der Waals surface area contributed by atoms with Crippen molar-refractivity contribution in [3.05, 3.63) is 96.1 Å². The summed E-state index contributed by atoms with van der Waals surface area (Å²) in [7, 11) is 0. The number of nitrogens with zero attached hydrogens (tertiary/aromatic N) is 1. The first-order chi connectivity index (χ1) is 15.5. The predicted octanol–water partition coefficient (Wildman–Crippen LogP) is 4.71. The minimum absolute atomic E-state index is 0.114. The largest absolute Gasteiger partial charge is 0.481 e. The predicted molar refractivity (Wildman–Crippen MR) is 127 cm³/mol. The minimum Gasteiger partial charge on any atom is -0.481 e. The highest BCUT2D eigenvalue weighted by Gasteiger charge is 2.25. The van der Waals surface area contributed by atoms with Crippen molar-refractivity contribution in [2.75, 3.05) is 0 Å². The molecule has 162 valence electrons. The van der Waals surface area contributed by atoms with Gasteiger partial charge in [-0.1, -0.05) is 78.9 Å². The highest BCUT2D eigenvalue weighted by atomic mass is 16.4. The molecule has 3 N–H and O–H groups in total. The Morgan fingerprint density at radius 1 is 0.812 bits per heavy atom. The molecule has 0 saturated heterocycles. The van der Waals surface area contributed by atoms with Gasteiger partial charge in [-0.2, -0.15) is 0 Å². The fraction of sp³-hybridized carbons (Fsp3) is 0.185. The highest BCUT2D eigenvalue weighted by Crippen LogP contribution is 2.24. The van der Waals surface area contributed by atoms with E-state index in [0.29, 0.717) is 13.1 Å². The Labute approximate surface area is 187 Å². The van der Waals surface area contributed by atoms with Crippen LogP contribution in [-0.4, -0.2) is 27.9 Å². The summed E-state index contributed by atoms with van der Waals surface area (Å²) in [5.74, 6) is -1.45. The van der Waals surface area contributed by atoms with Crippen LogP contribution in [0, 0.1) is 0 Å². The molecule has 0 aliphatic rings. The molecular weight excluding hydrogens is 400 g/mol. The smallest absolute Gasteiger partial charge is 0.303 e. The lowest BCUT2D eigenvalue weighted by Crippen LogP contribution is -2.44. The van der Waals surface area contributed by atoms with Gasteiger partial charge in [-0.3, -0.25) is 14.5 Å². The van der Waals surface area contributed by atoms with E-state index in [0.717, 1.165) is 32.7 Å². The Morgan fingerprint density at radius 2 is 1.50 bits per heavy atom. The van der Waals surface area contributed by atoms with E-state index >= 15 is 0 Å². The van der Waals surface area contributed by atoms with Crippen LogP contribution in [0.25, 0.3) is 21.5 Å². The third kappa shape index (κ3) is 4.95. The van der Waals surface area contributed by atoms with Crippen LogP contribution >= 0.6 is 0 Å². The molecule has 1 amide bonds. The third-order valence-corrected chi connectivity index (χ3v) is 5.85. The number of rotatable bonds is 9. The van der Waals surface area contributed by atoms with Crippen molar-refractivity contribution in [1.82, 2.24) is 4.90 Å². The zero-order valence-electron chi connectivity index (χ0n) is 17.8. The molecule has 0 heterocycles. The van der Waals surface area contributed by atoms with Gasteiger partial charge in [0.25, 0.3) is 0 Å². The number of nitrogens with two attached hydrogens (primary N) is 1. The molecule has 4 aromatic rings. The number of benzene rings is 4. The highest BCUT2D eigenvalue weighted by molar-refractivity contribution is 5.86. The number of hydrogen-bond donors (Lipinski definition) is 2. The van der Waals surface area contributed by atoms with Gasteiger partial charge in [0.1, 0.15) is 0 Å². The maximum absolute atomic E-state index is 12.4. The van der Waals surface area contributed by atoms with Gasteiger partial charge in [0.05, 0.1) is 6.04 Å². The molecule has 5 nitrogen and oxygen atoms in total. The average Bonchev–Trinajstić information content (AvgIpc) is 2.79. The number of primary amides is 1. The van der Waals surface area contributed by atoms with Gasteiger partial charge in [0.2, 0.25) is 5.91 Å². The summed E-state index contributed by atoms with van der Waals surface area (Å²) in [4.78, 5) is 25.6. The second kappa shape index (κ2) is 9.62. The van der Waals surface area contributed by atoms with E-state index in [1.165, 1.54) is 0 Å².